The lowest BCUT2D eigenvalue weighted by Crippen LogP contribution is -2.42. The van der Waals surface area contributed by atoms with Crippen molar-refractivity contribution in [2.75, 3.05) is 17.2 Å². The van der Waals surface area contributed by atoms with Crippen LogP contribution >= 0.6 is 0 Å². The molecule has 1 aromatic carbocycles. The zero-order chi connectivity index (χ0) is 22.0. The van der Waals surface area contributed by atoms with Gasteiger partial charge in [-0.15, -0.1) is 0 Å². The number of aromatic amines is 1. The molecule has 0 spiro atoms. The molecule has 2 fully saturated rings. The van der Waals surface area contributed by atoms with E-state index in [-0.39, 0.29) is 24.0 Å². The van der Waals surface area contributed by atoms with Gasteiger partial charge in [-0.3, -0.25) is 19.1 Å². The normalized spacial score (nSPS) is 22.0. The van der Waals surface area contributed by atoms with Crippen molar-refractivity contribution in [2.45, 2.75) is 58.4 Å². The summed E-state index contributed by atoms with van der Waals surface area (Å²) in [4.78, 5) is 42.6. The van der Waals surface area contributed by atoms with Crippen molar-refractivity contribution in [3.05, 3.63) is 56.7 Å². The van der Waals surface area contributed by atoms with Crippen molar-refractivity contribution in [3.8, 4) is 0 Å². The Morgan fingerprint density at radius 1 is 1.19 bits per heavy atom. The molecule has 7 nitrogen and oxygen atoms in total. The molecule has 166 valence electrons. The summed E-state index contributed by atoms with van der Waals surface area (Å²) in [5.74, 6) is 1.77. The Kier molecular flexibility index (Phi) is 6.30. The lowest BCUT2D eigenvalue weighted by atomic mass is 9.86. The van der Waals surface area contributed by atoms with Gasteiger partial charge in [0.25, 0.3) is 5.56 Å². The van der Waals surface area contributed by atoms with Crippen LogP contribution in [-0.2, 0) is 11.3 Å². The first kappa shape index (κ1) is 21.4. The number of nitrogens with one attached hydrogen (secondary N) is 1. The number of carbonyl (C=O) groups is 1. The van der Waals surface area contributed by atoms with E-state index >= 15 is 0 Å². The molecule has 31 heavy (non-hydrogen) atoms. The van der Waals surface area contributed by atoms with E-state index in [0.717, 1.165) is 30.7 Å². The molecule has 7 heteroatoms. The molecule has 2 bridgehead atoms. The van der Waals surface area contributed by atoms with Crippen molar-refractivity contribution in [3.63, 3.8) is 0 Å². The fraction of sp³-hybridized carbons (Fsp3) is 0.542. The van der Waals surface area contributed by atoms with Crippen molar-refractivity contribution < 1.29 is 4.79 Å². The summed E-state index contributed by atoms with van der Waals surface area (Å²) in [6.07, 6.45) is 6.93. The van der Waals surface area contributed by atoms with E-state index in [1.807, 2.05) is 37.3 Å². The van der Waals surface area contributed by atoms with E-state index in [9.17, 15) is 14.4 Å². The smallest absolute Gasteiger partial charge is 0.330 e. The fourth-order valence-electron chi connectivity index (χ4n) is 5.40. The number of nitrogens with zero attached hydrogens (tertiary/aromatic N) is 2. The Morgan fingerprint density at radius 2 is 1.97 bits per heavy atom. The highest BCUT2D eigenvalue weighted by atomic mass is 16.2. The lowest BCUT2D eigenvalue weighted by molar-refractivity contribution is -0.119. The number of carbonyl (C=O) groups excluding carboxylic acids is 1. The molecular weight excluding hydrogens is 392 g/mol. The molecule has 1 aromatic heterocycles. The molecule has 1 heterocycles. The number of hydrogen-bond donors (Lipinski definition) is 2. The van der Waals surface area contributed by atoms with Crippen LogP contribution in [0.4, 0.5) is 11.5 Å². The van der Waals surface area contributed by atoms with Crippen LogP contribution in [-0.4, -0.2) is 22.0 Å². The van der Waals surface area contributed by atoms with Crippen LogP contribution in [0.2, 0.25) is 0 Å². The number of H-pyrrole nitrogens is 1. The monoisotopic (exact) mass is 424 g/mol. The van der Waals surface area contributed by atoms with E-state index in [2.05, 4.69) is 4.98 Å². The quantitative estimate of drug-likeness (QED) is 0.680. The Morgan fingerprint density at radius 3 is 2.61 bits per heavy atom. The molecule has 0 aliphatic heterocycles. The molecule has 2 aliphatic carbocycles. The summed E-state index contributed by atoms with van der Waals surface area (Å²) < 4.78 is 1.34. The topological polar surface area (TPSA) is 101 Å². The van der Waals surface area contributed by atoms with Gasteiger partial charge in [-0.25, -0.2) is 4.79 Å². The summed E-state index contributed by atoms with van der Waals surface area (Å²) >= 11 is 0. The molecule has 4 rings (SSSR count). The van der Waals surface area contributed by atoms with Gasteiger partial charge in [-0.05, 0) is 49.0 Å². The second-order valence-corrected chi connectivity index (χ2v) is 9.10. The second kappa shape index (κ2) is 9.12. The first-order valence-electron chi connectivity index (χ1n) is 11.4. The number of nitrogen functional groups attached to an aromatic ring is 1. The third-order valence-corrected chi connectivity index (χ3v) is 7.03. The van der Waals surface area contributed by atoms with Gasteiger partial charge >= 0.3 is 5.69 Å². The van der Waals surface area contributed by atoms with Gasteiger partial charge in [0.05, 0.1) is 6.54 Å². The van der Waals surface area contributed by atoms with Crippen LogP contribution < -0.4 is 21.9 Å². The lowest BCUT2D eigenvalue weighted by Gasteiger charge is -2.28. The first-order valence-corrected chi connectivity index (χ1v) is 11.4. The Hall–Kier alpha value is -2.83. The molecule has 2 saturated carbocycles. The van der Waals surface area contributed by atoms with Crippen molar-refractivity contribution in [2.24, 2.45) is 17.8 Å². The van der Waals surface area contributed by atoms with Crippen LogP contribution in [0.1, 0.15) is 57.4 Å². The highest BCUT2D eigenvalue weighted by molar-refractivity contribution is 5.95. The summed E-state index contributed by atoms with van der Waals surface area (Å²) in [5, 5.41) is 0. The maximum Gasteiger partial charge on any atom is 0.330 e. The van der Waals surface area contributed by atoms with Crippen LogP contribution in [0, 0.1) is 17.8 Å². The van der Waals surface area contributed by atoms with Crippen LogP contribution in [0.5, 0.6) is 0 Å². The molecule has 3 N–H and O–H groups in total. The van der Waals surface area contributed by atoms with Gasteiger partial charge in [0.2, 0.25) is 5.91 Å². The molecule has 2 aromatic rings. The maximum absolute atomic E-state index is 13.4. The third-order valence-electron chi connectivity index (χ3n) is 7.03. The van der Waals surface area contributed by atoms with Crippen LogP contribution in [0.15, 0.2) is 39.9 Å². The number of nitrogens with two attached hydrogens (primary N) is 1. The molecule has 1 amide bonds. The number of rotatable bonds is 8. The van der Waals surface area contributed by atoms with Gasteiger partial charge in [0.1, 0.15) is 5.82 Å². The van der Waals surface area contributed by atoms with Crippen molar-refractivity contribution in [1.29, 1.82) is 0 Å². The van der Waals surface area contributed by atoms with Crippen molar-refractivity contribution >= 4 is 17.4 Å². The molecule has 0 saturated heterocycles. The average molecular weight is 425 g/mol. The first-order chi connectivity index (χ1) is 15.0. The number of aromatic nitrogens is 2. The third kappa shape index (κ3) is 4.45. The molecule has 3 atom stereocenters. The van der Waals surface area contributed by atoms with Gasteiger partial charge in [0.15, 0.2) is 5.69 Å². The highest BCUT2D eigenvalue weighted by Gasteiger charge is 2.41. The zero-order valence-corrected chi connectivity index (χ0v) is 18.2. The summed E-state index contributed by atoms with van der Waals surface area (Å²) in [7, 11) is 0. The summed E-state index contributed by atoms with van der Waals surface area (Å²) in [5.41, 5.74) is 6.20. The van der Waals surface area contributed by atoms with Gasteiger partial charge < -0.3 is 10.6 Å². The summed E-state index contributed by atoms with van der Waals surface area (Å²) in [6, 6.07) is 9.46. The number of anilines is 2. The largest absolute Gasteiger partial charge is 0.383 e. The fourth-order valence-corrected chi connectivity index (χ4v) is 5.40. The minimum Gasteiger partial charge on any atom is -0.383 e. The minimum absolute atomic E-state index is 0.0509. The number of hydrogen-bond acceptors (Lipinski definition) is 4. The molecular formula is C24H32N4O3. The standard InChI is InChI=1S/C24H32N4O3/c1-2-3-11-27(20(29)14-19-13-17-9-10-18(19)12-17)21-22(25)28(24(31)26-23(21)30)15-16-7-5-4-6-8-16/h4-8,17-19H,2-3,9-15,25H2,1H3,(H,26,30,31). The number of fused-ring (bicyclic) bond motifs is 2. The molecule has 2 aliphatic rings. The van der Waals surface area contributed by atoms with E-state index in [1.54, 1.807) is 0 Å². The van der Waals surface area contributed by atoms with Crippen molar-refractivity contribution in [1.82, 2.24) is 9.55 Å². The van der Waals surface area contributed by atoms with E-state index in [0.29, 0.717) is 24.8 Å². The number of unbranched alkanes of at least 4 members (excludes halogenated alkanes) is 1. The van der Waals surface area contributed by atoms with Crippen LogP contribution in [0.25, 0.3) is 0 Å². The zero-order valence-electron chi connectivity index (χ0n) is 18.2. The Labute approximate surface area is 182 Å². The predicted octanol–water partition coefficient (Wildman–Crippen LogP) is 3.13. The SMILES string of the molecule is CCCCN(C(=O)CC1CC2CCC1C2)c1c(N)n(Cc2ccccc2)c(=O)[nH]c1=O. The highest BCUT2D eigenvalue weighted by Crippen LogP contribution is 2.49. The van der Waals surface area contributed by atoms with E-state index in [4.69, 9.17) is 5.73 Å². The Bertz CT molecular complexity index is 1040. The van der Waals surface area contributed by atoms with Gasteiger partial charge in [-0.1, -0.05) is 50.1 Å². The van der Waals surface area contributed by atoms with Crippen LogP contribution in [0.3, 0.4) is 0 Å². The number of amides is 1. The van der Waals surface area contributed by atoms with E-state index < -0.39 is 11.2 Å². The van der Waals surface area contributed by atoms with E-state index in [1.165, 1.54) is 28.7 Å². The summed E-state index contributed by atoms with van der Waals surface area (Å²) in [6.45, 7) is 2.70. The minimum atomic E-state index is -0.593. The second-order valence-electron chi connectivity index (χ2n) is 9.10. The number of benzene rings is 1. The molecule has 0 radical (unpaired) electrons. The maximum atomic E-state index is 13.4. The Balaban J connectivity index is 1.65. The average Bonchev–Trinajstić information content (AvgIpc) is 3.37. The van der Waals surface area contributed by atoms with Gasteiger partial charge in [0, 0.05) is 13.0 Å². The predicted molar refractivity (Wildman–Crippen MR) is 122 cm³/mol. The van der Waals surface area contributed by atoms with Gasteiger partial charge in [-0.2, -0.15) is 0 Å². The molecule has 3 unspecified atom stereocenters.